The highest BCUT2D eigenvalue weighted by molar-refractivity contribution is 7.99. The molecule has 0 radical (unpaired) electrons. The van der Waals surface area contributed by atoms with Gasteiger partial charge in [-0.05, 0) is 61.7 Å². The molecule has 3 rings (SSSR count). The van der Waals surface area contributed by atoms with Crippen LogP contribution in [0.5, 0.6) is 0 Å². The Kier molecular flexibility index (Phi) is 7.70. The third-order valence-corrected chi connectivity index (χ3v) is 6.85. The van der Waals surface area contributed by atoms with Gasteiger partial charge in [-0.15, -0.1) is 11.8 Å². The first kappa shape index (κ1) is 21.8. The second-order valence-corrected chi connectivity index (χ2v) is 9.26. The summed E-state index contributed by atoms with van der Waals surface area (Å²) in [4.78, 5) is 23.6. The minimum absolute atomic E-state index is 0.0199. The third-order valence-electron chi connectivity index (χ3n) is 4.93. The Morgan fingerprint density at radius 1 is 1.07 bits per heavy atom. The Bertz CT molecular complexity index is 966. The molecule has 0 unspecified atom stereocenters. The molecule has 0 atom stereocenters. The van der Waals surface area contributed by atoms with Crippen LogP contribution in [0.25, 0.3) is 10.2 Å². The van der Waals surface area contributed by atoms with Gasteiger partial charge in [0, 0.05) is 23.5 Å². The van der Waals surface area contributed by atoms with Crippen LogP contribution in [0.1, 0.15) is 36.7 Å². The molecule has 6 heteroatoms. The second-order valence-electron chi connectivity index (χ2n) is 6.91. The van der Waals surface area contributed by atoms with Gasteiger partial charge < -0.3 is 4.90 Å². The number of carbonyl (C=O) groups excluding carboxylic acids is 1. The van der Waals surface area contributed by atoms with E-state index >= 15 is 0 Å². The predicted octanol–water partition coefficient (Wildman–Crippen LogP) is 5.71. The van der Waals surface area contributed by atoms with Crippen molar-refractivity contribution in [2.75, 3.05) is 36.8 Å². The highest BCUT2D eigenvalue weighted by Crippen LogP contribution is 2.31. The Labute approximate surface area is 181 Å². The number of rotatable bonds is 9. The summed E-state index contributed by atoms with van der Waals surface area (Å²) >= 11 is 3.35. The fourth-order valence-corrected chi connectivity index (χ4v) is 5.05. The molecule has 0 saturated heterocycles. The zero-order valence-corrected chi connectivity index (χ0v) is 19.3. The molecule has 0 aliphatic heterocycles. The maximum Gasteiger partial charge on any atom is 0.260 e. The van der Waals surface area contributed by atoms with Crippen LogP contribution in [0.4, 0.5) is 5.13 Å². The summed E-state index contributed by atoms with van der Waals surface area (Å²) in [7, 11) is 0. The van der Waals surface area contributed by atoms with E-state index in [4.69, 9.17) is 4.98 Å². The Morgan fingerprint density at radius 2 is 1.86 bits per heavy atom. The number of aryl methyl sites for hydroxylation is 1. The van der Waals surface area contributed by atoms with Gasteiger partial charge in [0.2, 0.25) is 0 Å². The molecule has 0 bridgehead atoms. The quantitative estimate of drug-likeness (QED) is 0.410. The summed E-state index contributed by atoms with van der Waals surface area (Å²) < 4.78 is 1.12. The van der Waals surface area contributed by atoms with E-state index < -0.39 is 0 Å². The number of thiazole rings is 1. The molecule has 0 N–H and O–H groups in total. The van der Waals surface area contributed by atoms with Crippen LogP contribution in [0.15, 0.2) is 47.4 Å². The Morgan fingerprint density at radius 3 is 2.59 bits per heavy atom. The molecule has 1 aromatic heterocycles. The number of hydrogen-bond donors (Lipinski definition) is 0. The van der Waals surface area contributed by atoms with Crippen LogP contribution in [-0.4, -0.2) is 47.7 Å². The highest BCUT2D eigenvalue weighted by atomic mass is 32.2. The predicted molar refractivity (Wildman–Crippen MR) is 127 cm³/mol. The first-order chi connectivity index (χ1) is 14.0. The van der Waals surface area contributed by atoms with E-state index in [0.717, 1.165) is 51.2 Å². The minimum Gasteiger partial charge on any atom is -0.302 e. The van der Waals surface area contributed by atoms with Gasteiger partial charge in [0.15, 0.2) is 5.13 Å². The maximum absolute atomic E-state index is 13.5. The molecule has 154 valence electrons. The van der Waals surface area contributed by atoms with E-state index in [2.05, 4.69) is 50.8 Å². The average Bonchev–Trinajstić information content (AvgIpc) is 3.14. The smallest absolute Gasteiger partial charge is 0.260 e. The van der Waals surface area contributed by atoms with Crippen LogP contribution in [0, 0.1) is 6.92 Å². The van der Waals surface area contributed by atoms with Gasteiger partial charge in [0.1, 0.15) is 0 Å². The van der Waals surface area contributed by atoms with Crippen LogP contribution in [-0.2, 0) is 0 Å². The van der Waals surface area contributed by atoms with Crippen molar-refractivity contribution in [3.05, 3.63) is 53.6 Å². The molecule has 0 saturated carbocycles. The van der Waals surface area contributed by atoms with Crippen molar-refractivity contribution in [1.82, 2.24) is 9.88 Å². The van der Waals surface area contributed by atoms with E-state index in [9.17, 15) is 4.79 Å². The molecule has 1 heterocycles. The molecule has 1 amide bonds. The van der Waals surface area contributed by atoms with Gasteiger partial charge in [0.05, 0.1) is 10.2 Å². The number of amides is 1. The molecule has 3 aromatic rings. The summed E-state index contributed by atoms with van der Waals surface area (Å²) in [5.41, 5.74) is 2.88. The molecule has 0 aliphatic carbocycles. The van der Waals surface area contributed by atoms with Gasteiger partial charge in [-0.1, -0.05) is 44.2 Å². The van der Waals surface area contributed by atoms with Crippen LogP contribution < -0.4 is 4.90 Å². The fraction of sp³-hybridized carbons (Fsp3) is 0.391. The highest BCUT2D eigenvalue weighted by Gasteiger charge is 2.22. The van der Waals surface area contributed by atoms with Crippen molar-refractivity contribution < 1.29 is 4.79 Å². The number of fused-ring (bicyclic) bond motifs is 1. The van der Waals surface area contributed by atoms with Crippen molar-refractivity contribution in [1.29, 1.82) is 0 Å². The van der Waals surface area contributed by atoms with Gasteiger partial charge in [-0.3, -0.25) is 9.69 Å². The van der Waals surface area contributed by atoms with Crippen molar-refractivity contribution in [2.45, 2.75) is 32.6 Å². The fourth-order valence-electron chi connectivity index (χ4n) is 3.24. The van der Waals surface area contributed by atoms with E-state index in [0.29, 0.717) is 6.54 Å². The minimum atomic E-state index is 0.0199. The number of aromatic nitrogens is 1. The topological polar surface area (TPSA) is 36.4 Å². The molecule has 29 heavy (non-hydrogen) atoms. The summed E-state index contributed by atoms with van der Waals surface area (Å²) in [5.74, 6) is 1.01. The maximum atomic E-state index is 13.5. The standard InChI is InChI=1S/C23H29N3OS2/c1-5-25(6-2)13-14-26(22(27)18-9-8-10-19(16-18)28-7-3)23-24-20-12-11-17(4)15-21(20)29-23/h8-12,15-16H,5-7,13-14H2,1-4H3. The van der Waals surface area contributed by atoms with Crippen LogP contribution in [0.3, 0.4) is 0 Å². The normalized spacial score (nSPS) is 11.3. The van der Waals surface area contributed by atoms with Crippen LogP contribution in [0.2, 0.25) is 0 Å². The summed E-state index contributed by atoms with van der Waals surface area (Å²) in [5, 5.41) is 0.774. The largest absolute Gasteiger partial charge is 0.302 e. The number of likely N-dealkylation sites (N-methyl/N-ethyl adjacent to an activating group) is 1. The lowest BCUT2D eigenvalue weighted by Gasteiger charge is -2.25. The number of anilines is 1. The van der Waals surface area contributed by atoms with Crippen molar-refractivity contribution >= 4 is 44.4 Å². The number of thioether (sulfide) groups is 1. The molecule has 4 nitrogen and oxygen atoms in total. The zero-order valence-electron chi connectivity index (χ0n) is 17.6. The Balaban J connectivity index is 1.95. The van der Waals surface area contributed by atoms with Gasteiger partial charge in [-0.25, -0.2) is 4.98 Å². The van der Waals surface area contributed by atoms with Crippen molar-refractivity contribution in [2.24, 2.45) is 0 Å². The van der Waals surface area contributed by atoms with Crippen molar-refractivity contribution in [3.8, 4) is 0 Å². The first-order valence-corrected chi connectivity index (χ1v) is 12.0. The number of carbonyl (C=O) groups is 1. The van der Waals surface area contributed by atoms with Crippen LogP contribution >= 0.6 is 23.1 Å². The van der Waals surface area contributed by atoms with Gasteiger partial charge in [-0.2, -0.15) is 0 Å². The molecule has 0 fully saturated rings. The molecule has 2 aromatic carbocycles. The third kappa shape index (κ3) is 5.38. The molecular weight excluding hydrogens is 398 g/mol. The summed E-state index contributed by atoms with van der Waals surface area (Å²) in [6.45, 7) is 11.9. The Hall–Kier alpha value is -1.89. The lowest BCUT2D eigenvalue weighted by molar-refractivity contribution is 0.0983. The monoisotopic (exact) mass is 427 g/mol. The SMILES string of the molecule is CCSc1cccc(C(=O)N(CCN(CC)CC)c2nc3ccc(C)cc3s2)c1. The number of benzene rings is 2. The number of hydrogen-bond acceptors (Lipinski definition) is 5. The lowest BCUT2D eigenvalue weighted by Crippen LogP contribution is -2.38. The van der Waals surface area contributed by atoms with Crippen molar-refractivity contribution in [3.63, 3.8) is 0 Å². The second kappa shape index (κ2) is 10.2. The molecule has 0 aliphatic rings. The van der Waals surface area contributed by atoms with Gasteiger partial charge in [0.25, 0.3) is 5.91 Å². The zero-order chi connectivity index (χ0) is 20.8. The number of nitrogens with zero attached hydrogens (tertiary/aromatic N) is 3. The average molecular weight is 428 g/mol. The van der Waals surface area contributed by atoms with E-state index in [1.165, 1.54) is 5.56 Å². The first-order valence-electron chi connectivity index (χ1n) is 10.2. The van der Waals surface area contributed by atoms with Gasteiger partial charge >= 0.3 is 0 Å². The summed E-state index contributed by atoms with van der Waals surface area (Å²) in [6, 6.07) is 14.2. The molecular formula is C23H29N3OS2. The van der Waals surface area contributed by atoms with E-state index in [1.807, 2.05) is 29.2 Å². The lowest BCUT2D eigenvalue weighted by atomic mass is 10.2. The summed E-state index contributed by atoms with van der Waals surface area (Å²) in [6.07, 6.45) is 0. The molecule has 0 spiro atoms. The van der Waals surface area contributed by atoms with E-state index in [1.54, 1.807) is 23.1 Å². The van der Waals surface area contributed by atoms with E-state index in [-0.39, 0.29) is 5.91 Å².